The van der Waals surface area contributed by atoms with Crippen LogP contribution < -0.4 is 20.9 Å². The number of nitrogen functional groups attached to an aromatic ring is 1. The summed E-state index contributed by atoms with van der Waals surface area (Å²) in [6.45, 7) is 6.55. The van der Waals surface area contributed by atoms with Crippen molar-refractivity contribution in [2.75, 3.05) is 16.9 Å². The predicted molar refractivity (Wildman–Crippen MR) is 82.5 cm³/mol. The number of aromatic nitrogens is 3. The van der Waals surface area contributed by atoms with Crippen LogP contribution in [-0.2, 0) is 0 Å². The number of nitrogens with two attached hydrogens (primary N) is 1. The van der Waals surface area contributed by atoms with E-state index in [0.717, 1.165) is 5.69 Å². The third kappa shape index (κ3) is 3.79. The Kier molecular flexibility index (Phi) is 4.89. The summed E-state index contributed by atoms with van der Waals surface area (Å²) in [5.74, 6) is 6.18. The van der Waals surface area contributed by atoms with Crippen LogP contribution >= 0.6 is 0 Å². The van der Waals surface area contributed by atoms with Crippen molar-refractivity contribution in [1.29, 1.82) is 0 Å². The summed E-state index contributed by atoms with van der Waals surface area (Å²) in [6.07, 6.45) is -0.0299. The van der Waals surface area contributed by atoms with Gasteiger partial charge in [-0.2, -0.15) is 15.0 Å². The number of hydrazine groups is 1. The third-order valence-corrected chi connectivity index (χ3v) is 2.70. The maximum atomic E-state index is 5.54. The number of benzene rings is 1. The molecule has 0 amide bonds. The maximum absolute atomic E-state index is 5.54. The molecule has 2 rings (SSSR count). The highest BCUT2D eigenvalue weighted by molar-refractivity contribution is 5.57. The molecule has 112 valence electrons. The Hall–Kier alpha value is -2.41. The Balaban J connectivity index is 2.40. The van der Waals surface area contributed by atoms with E-state index in [4.69, 9.17) is 10.6 Å². The van der Waals surface area contributed by atoms with Crippen LogP contribution in [0, 0.1) is 0 Å². The SMILES string of the molecule is CCN(c1ccccc1)c1nc(NN)nc(OC(C)C)n1. The van der Waals surface area contributed by atoms with E-state index in [0.29, 0.717) is 12.5 Å². The van der Waals surface area contributed by atoms with Gasteiger partial charge in [-0.3, -0.25) is 5.43 Å². The maximum Gasteiger partial charge on any atom is 0.323 e. The topological polar surface area (TPSA) is 89.2 Å². The van der Waals surface area contributed by atoms with Crippen molar-refractivity contribution in [1.82, 2.24) is 15.0 Å². The van der Waals surface area contributed by atoms with Crippen LogP contribution in [0.2, 0.25) is 0 Å². The van der Waals surface area contributed by atoms with Crippen LogP contribution in [0.15, 0.2) is 30.3 Å². The molecule has 0 radical (unpaired) electrons. The van der Waals surface area contributed by atoms with Crippen molar-refractivity contribution >= 4 is 17.6 Å². The molecule has 0 aliphatic carbocycles. The van der Waals surface area contributed by atoms with Crippen molar-refractivity contribution in [3.8, 4) is 6.01 Å². The molecule has 2 aromatic rings. The molecule has 0 fully saturated rings. The molecule has 7 nitrogen and oxygen atoms in total. The number of anilines is 3. The third-order valence-electron chi connectivity index (χ3n) is 2.70. The van der Waals surface area contributed by atoms with Gasteiger partial charge in [0.15, 0.2) is 0 Å². The number of rotatable bonds is 6. The molecule has 0 aliphatic rings. The summed E-state index contributed by atoms with van der Waals surface area (Å²) in [5.41, 5.74) is 3.43. The zero-order valence-electron chi connectivity index (χ0n) is 12.4. The van der Waals surface area contributed by atoms with E-state index in [1.807, 2.05) is 56.0 Å². The average molecular weight is 288 g/mol. The lowest BCUT2D eigenvalue weighted by atomic mass is 10.3. The van der Waals surface area contributed by atoms with Gasteiger partial charge in [-0.15, -0.1) is 0 Å². The fraction of sp³-hybridized carbons (Fsp3) is 0.357. The van der Waals surface area contributed by atoms with Gasteiger partial charge in [0.1, 0.15) is 0 Å². The fourth-order valence-corrected chi connectivity index (χ4v) is 1.84. The van der Waals surface area contributed by atoms with Gasteiger partial charge in [0, 0.05) is 12.2 Å². The van der Waals surface area contributed by atoms with Crippen LogP contribution in [-0.4, -0.2) is 27.6 Å². The second kappa shape index (κ2) is 6.85. The summed E-state index contributed by atoms with van der Waals surface area (Å²) in [7, 11) is 0. The molecule has 1 aromatic carbocycles. The molecule has 0 bridgehead atoms. The molecule has 1 heterocycles. The first-order chi connectivity index (χ1) is 10.1. The van der Waals surface area contributed by atoms with Crippen molar-refractivity contribution in [3.05, 3.63) is 30.3 Å². The monoisotopic (exact) mass is 288 g/mol. The number of ether oxygens (including phenoxy) is 1. The van der Waals surface area contributed by atoms with Crippen molar-refractivity contribution < 1.29 is 4.74 Å². The first-order valence-electron chi connectivity index (χ1n) is 6.86. The van der Waals surface area contributed by atoms with Crippen molar-refractivity contribution in [2.45, 2.75) is 26.9 Å². The van der Waals surface area contributed by atoms with Crippen molar-refractivity contribution in [3.63, 3.8) is 0 Å². The lowest BCUT2D eigenvalue weighted by molar-refractivity contribution is 0.222. The Morgan fingerprint density at radius 3 is 2.48 bits per heavy atom. The Labute approximate surface area is 124 Å². The quantitative estimate of drug-likeness (QED) is 0.621. The molecule has 0 saturated heterocycles. The molecule has 21 heavy (non-hydrogen) atoms. The van der Waals surface area contributed by atoms with Gasteiger partial charge in [-0.25, -0.2) is 5.84 Å². The van der Waals surface area contributed by atoms with E-state index in [1.54, 1.807) is 0 Å². The first-order valence-corrected chi connectivity index (χ1v) is 6.86. The van der Waals surface area contributed by atoms with Gasteiger partial charge in [0.2, 0.25) is 11.9 Å². The lowest BCUT2D eigenvalue weighted by Crippen LogP contribution is -2.22. The zero-order chi connectivity index (χ0) is 15.2. The second-order valence-corrected chi connectivity index (χ2v) is 4.63. The molecule has 3 N–H and O–H groups in total. The number of para-hydroxylation sites is 1. The fourth-order valence-electron chi connectivity index (χ4n) is 1.84. The largest absolute Gasteiger partial charge is 0.461 e. The number of nitrogens with zero attached hydrogens (tertiary/aromatic N) is 4. The van der Waals surface area contributed by atoms with E-state index in [2.05, 4.69) is 20.4 Å². The molecular formula is C14H20N6O. The highest BCUT2D eigenvalue weighted by atomic mass is 16.5. The van der Waals surface area contributed by atoms with Gasteiger partial charge < -0.3 is 9.64 Å². The average Bonchev–Trinajstić information content (AvgIpc) is 2.48. The van der Waals surface area contributed by atoms with Crippen LogP contribution in [0.1, 0.15) is 20.8 Å². The molecule has 0 aliphatic heterocycles. The minimum absolute atomic E-state index is 0.0299. The van der Waals surface area contributed by atoms with E-state index >= 15 is 0 Å². The molecule has 7 heteroatoms. The molecular weight excluding hydrogens is 268 g/mol. The highest BCUT2D eigenvalue weighted by Gasteiger charge is 2.15. The summed E-state index contributed by atoms with van der Waals surface area (Å²) >= 11 is 0. The molecule has 0 atom stereocenters. The van der Waals surface area contributed by atoms with E-state index in [9.17, 15) is 0 Å². The molecule has 1 aromatic heterocycles. The molecule has 0 spiro atoms. The van der Waals surface area contributed by atoms with Crippen LogP contribution in [0.4, 0.5) is 17.6 Å². The van der Waals surface area contributed by atoms with Gasteiger partial charge >= 0.3 is 6.01 Å². The Morgan fingerprint density at radius 1 is 1.19 bits per heavy atom. The standard InChI is InChI=1S/C14H20N6O/c1-4-20(11-8-6-5-7-9-11)13-16-12(19-15)17-14(18-13)21-10(2)3/h5-10H,4,15H2,1-3H3,(H,16,17,18,19). The lowest BCUT2D eigenvalue weighted by Gasteiger charge is -2.21. The number of hydrogen-bond acceptors (Lipinski definition) is 7. The van der Waals surface area contributed by atoms with Crippen molar-refractivity contribution in [2.24, 2.45) is 5.84 Å². The van der Waals surface area contributed by atoms with E-state index in [1.165, 1.54) is 0 Å². The summed E-state index contributed by atoms with van der Waals surface area (Å²) in [4.78, 5) is 14.7. The normalized spacial score (nSPS) is 10.5. The molecule has 0 saturated carbocycles. The van der Waals surface area contributed by atoms with Crippen LogP contribution in [0.3, 0.4) is 0 Å². The van der Waals surface area contributed by atoms with Gasteiger partial charge in [-0.1, -0.05) is 18.2 Å². The summed E-state index contributed by atoms with van der Waals surface area (Å²) < 4.78 is 5.54. The second-order valence-electron chi connectivity index (χ2n) is 4.63. The minimum atomic E-state index is -0.0299. The highest BCUT2D eigenvalue weighted by Crippen LogP contribution is 2.23. The van der Waals surface area contributed by atoms with Gasteiger partial charge in [0.25, 0.3) is 0 Å². The Morgan fingerprint density at radius 2 is 1.90 bits per heavy atom. The first kappa shape index (κ1) is 15.0. The Bertz CT molecular complexity index is 575. The van der Waals surface area contributed by atoms with Gasteiger partial charge in [-0.05, 0) is 32.9 Å². The van der Waals surface area contributed by atoms with Crippen LogP contribution in [0.5, 0.6) is 6.01 Å². The molecule has 0 unspecified atom stereocenters. The smallest absolute Gasteiger partial charge is 0.323 e. The summed E-state index contributed by atoms with van der Waals surface area (Å²) in [6, 6.07) is 10.1. The zero-order valence-corrected chi connectivity index (χ0v) is 12.4. The van der Waals surface area contributed by atoms with E-state index in [-0.39, 0.29) is 18.1 Å². The number of hydrogen-bond donors (Lipinski definition) is 2. The van der Waals surface area contributed by atoms with E-state index < -0.39 is 0 Å². The number of nitrogens with one attached hydrogen (secondary N) is 1. The van der Waals surface area contributed by atoms with Gasteiger partial charge in [0.05, 0.1) is 6.10 Å². The summed E-state index contributed by atoms with van der Waals surface area (Å²) in [5, 5.41) is 0. The van der Waals surface area contributed by atoms with Crippen LogP contribution in [0.25, 0.3) is 0 Å². The predicted octanol–water partition coefficient (Wildman–Crippen LogP) is 2.10. The minimum Gasteiger partial charge on any atom is -0.461 e.